The first kappa shape index (κ1) is 10.4. The van der Waals surface area contributed by atoms with Gasteiger partial charge in [0, 0.05) is 0 Å². The number of carbonyl (C=O) groups is 1. The summed E-state index contributed by atoms with van der Waals surface area (Å²) < 4.78 is 0. The molecule has 66 valence electrons. The largest absolute Gasteiger partial charge is 0.480 e. The highest BCUT2D eigenvalue weighted by molar-refractivity contribution is 5.72. The minimum Gasteiger partial charge on any atom is -0.480 e. The summed E-state index contributed by atoms with van der Waals surface area (Å²) in [6, 6.07) is -0.422. The van der Waals surface area contributed by atoms with Crippen LogP contribution in [0.4, 0.5) is 0 Å². The molecule has 0 radical (unpaired) electrons. The van der Waals surface area contributed by atoms with E-state index in [1.165, 1.54) is 0 Å². The second kappa shape index (κ2) is 5.13. The number of rotatable bonds is 5. The van der Waals surface area contributed by atoms with Crippen LogP contribution >= 0.6 is 0 Å². The van der Waals surface area contributed by atoms with Crippen molar-refractivity contribution in [2.24, 2.45) is 5.92 Å². The first-order valence-corrected chi connectivity index (χ1v) is 4.00. The average molecular weight is 159 g/mol. The summed E-state index contributed by atoms with van der Waals surface area (Å²) in [7, 11) is 0. The Morgan fingerprint density at radius 1 is 1.45 bits per heavy atom. The summed E-state index contributed by atoms with van der Waals surface area (Å²) >= 11 is 0. The van der Waals surface area contributed by atoms with Crippen LogP contribution in [-0.2, 0) is 4.79 Å². The molecule has 0 heterocycles. The highest BCUT2D eigenvalue weighted by atomic mass is 16.4. The van der Waals surface area contributed by atoms with E-state index in [4.69, 9.17) is 5.11 Å². The summed E-state index contributed by atoms with van der Waals surface area (Å²) in [6.07, 6.45) is 1.03. The fourth-order valence-electron chi connectivity index (χ4n) is 0.676. The van der Waals surface area contributed by atoms with Gasteiger partial charge in [-0.25, -0.2) is 0 Å². The molecule has 0 rings (SSSR count). The third kappa shape index (κ3) is 5.85. The Hall–Kier alpha value is -0.570. The summed E-state index contributed by atoms with van der Waals surface area (Å²) in [5.41, 5.74) is 0. The molecule has 0 aromatic rings. The van der Waals surface area contributed by atoms with Crippen LogP contribution < -0.4 is 5.32 Å². The van der Waals surface area contributed by atoms with Gasteiger partial charge in [0.05, 0.1) is 0 Å². The minimum absolute atomic E-state index is 0.422. The zero-order valence-corrected chi connectivity index (χ0v) is 7.42. The molecule has 11 heavy (non-hydrogen) atoms. The van der Waals surface area contributed by atoms with Crippen molar-refractivity contribution >= 4 is 5.97 Å². The molecule has 0 spiro atoms. The number of carboxylic acids is 1. The molecule has 0 aromatic heterocycles. The number of hydrogen-bond donors (Lipinski definition) is 2. The Kier molecular flexibility index (Phi) is 4.86. The quantitative estimate of drug-likeness (QED) is 0.631. The molecule has 0 unspecified atom stereocenters. The monoisotopic (exact) mass is 159 g/mol. The third-order valence-electron chi connectivity index (χ3n) is 1.54. The highest BCUT2D eigenvalue weighted by Gasteiger charge is 2.08. The average Bonchev–Trinajstić information content (AvgIpc) is 1.86. The lowest BCUT2D eigenvalue weighted by Gasteiger charge is -2.09. The molecule has 1 atom stereocenters. The summed E-state index contributed by atoms with van der Waals surface area (Å²) in [4.78, 5) is 10.3. The van der Waals surface area contributed by atoms with Crippen LogP contribution in [0, 0.1) is 5.92 Å². The molecule has 0 aromatic carbocycles. The van der Waals surface area contributed by atoms with Crippen LogP contribution in [0.15, 0.2) is 0 Å². The molecule has 0 amide bonds. The Morgan fingerprint density at radius 3 is 2.36 bits per heavy atom. The maximum Gasteiger partial charge on any atom is 0.320 e. The fourth-order valence-corrected chi connectivity index (χ4v) is 0.676. The van der Waals surface area contributed by atoms with Gasteiger partial charge >= 0.3 is 5.97 Å². The normalized spacial score (nSPS) is 13.5. The van der Waals surface area contributed by atoms with Gasteiger partial charge < -0.3 is 10.4 Å². The zero-order valence-electron chi connectivity index (χ0n) is 7.42. The Bertz CT molecular complexity index is 123. The van der Waals surface area contributed by atoms with Gasteiger partial charge in [0.1, 0.15) is 6.04 Å². The third-order valence-corrected chi connectivity index (χ3v) is 1.54. The number of nitrogens with one attached hydrogen (secondary N) is 1. The molecule has 0 saturated carbocycles. The fraction of sp³-hybridized carbons (Fsp3) is 0.875. The lowest BCUT2D eigenvalue weighted by molar-refractivity contribution is -0.139. The van der Waals surface area contributed by atoms with Crippen molar-refractivity contribution in [3.63, 3.8) is 0 Å². The van der Waals surface area contributed by atoms with Gasteiger partial charge in [-0.3, -0.25) is 4.79 Å². The van der Waals surface area contributed by atoms with Crippen molar-refractivity contribution in [1.29, 1.82) is 0 Å². The molecule has 0 aliphatic rings. The van der Waals surface area contributed by atoms with E-state index in [9.17, 15) is 4.79 Å². The van der Waals surface area contributed by atoms with Crippen molar-refractivity contribution in [3.8, 4) is 0 Å². The molecule has 3 nitrogen and oxygen atoms in total. The molecule has 0 aliphatic carbocycles. The highest BCUT2D eigenvalue weighted by Crippen LogP contribution is 1.96. The van der Waals surface area contributed by atoms with E-state index >= 15 is 0 Å². The lowest BCUT2D eigenvalue weighted by atomic mass is 10.1. The van der Waals surface area contributed by atoms with Crippen LogP contribution in [0.1, 0.15) is 27.2 Å². The van der Waals surface area contributed by atoms with E-state index in [0.29, 0.717) is 5.92 Å². The van der Waals surface area contributed by atoms with Gasteiger partial charge in [-0.2, -0.15) is 0 Å². The van der Waals surface area contributed by atoms with Crippen molar-refractivity contribution in [2.75, 3.05) is 6.54 Å². The standard InChI is InChI=1S/C8H17NO2/c1-6(2)4-5-9-7(3)8(10)11/h6-7,9H,4-5H2,1-3H3,(H,10,11)/t7-/m1/s1. The van der Waals surface area contributed by atoms with E-state index in [0.717, 1.165) is 13.0 Å². The van der Waals surface area contributed by atoms with E-state index in [1.54, 1.807) is 6.92 Å². The SMILES string of the molecule is CC(C)CCN[C@H](C)C(=O)O. The maximum atomic E-state index is 10.3. The van der Waals surface area contributed by atoms with Crippen molar-refractivity contribution in [1.82, 2.24) is 5.32 Å². The summed E-state index contributed by atoms with van der Waals surface area (Å²) in [6.45, 7) is 6.67. The molecular weight excluding hydrogens is 142 g/mol. The van der Waals surface area contributed by atoms with Gasteiger partial charge in [-0.1, -0.05) is 13.8 Å². The molecule has 3 heteroatoms. The predicted octanol–water partition coefficient (Wildman–Crippen LogP) is 1.10. The molecule has 0 saturated heterocycles. The molecule has 0 fully saturated rings. The Morgan fingerprint density at radius 2 is 2.00 bits per heavy atom. The van der Waals surface area contributed by atoms with Crippen LogP contribution in [-0.4, -0.2) is 23.7 Å². The predicted molar refractivity (Wildman–Crippen MR) is 44.6 cm³/mol. The molecule has 2 N–H and O–H groups in total. The van der Waals surface area contributed by atoms with Gasteiger partial charge in [0.2, 0.25) is 0 Å². The van der Waals surface area contributed by atoms with Crippen LogP contribution in [0.3, 0.4) is 0 Å². The number of aliphatic carboxylic acids is 1. The van der Waals surface area contributed by atoms with Gasteiger partial charge in [0.15, 0.2) is 0 Å². The second-order valence-electron chi connectivity index (χ2n) is 3.20. The Balaban J connectivity index is 3.31. The Labute approximate surface area is 67.8 Å². The van der Waals surface area contributed by atoms with Crippen LogP contribution in [0.2, 0.25) is 0 Å². The maximum absolute atomic E-state index is 10.3. The van der Waals surface area contributed by atoms with Crippen molar-refractivity contribution < 1.29 is 9.90 Å². The van der Waals surface area contributed by atoms with E-state index < -0.39 is 12.0 Å². The van der Waals surface area contributed by atoms with E-state index in [1.807, 2.05) is 0 Å². The van der Waals surface area contributed by atoms with Crippen LogP contribution in [0.25, 0.3) is 0 Å². The molecule has 0 aliphatic heterocycles. The smallest absolute Gasteiger partial charge is 0.320 e. The minimum atomic E-state index is -0.784. The van der Waals surface area contributed by atoms with E-state index in [2.05, 4.69) is 19.2 Å². The lowest BCUT2D eigenvalue weighted by Crippen LogP contribution is -2.34. The van der Waals surface area contributed by atoms with Crippen molar-refractivity contribution in [3.05, 3.63) is 0 Å². The number of hydrogen-bond acceptors (Lipinski definition) is 2. The molecular formula is C8H17NO2. The summed E-state index contributed by atoms with van der Waals surface area (Å²) in [5.74, 6) is -0.155. The van der Waals surface area contributed by atoms with Crippen molar-refractivity contribution in [2.45, 2.75) is 33.2 Å². The first-order chi connectivity index (χ1) is 5.04. The summed E-state index contributed by atoms with van der Waals surface area (Å²) in [5, 5.41) is 11.4. The first-order valence-electron chi connectivity index (χ1n) is 4.00. The topological polar surface area (TPSA) is 49.3 Å². The zero-order chi connectivity index (χ0) is 8.85. The molecule has 0 bridgehead atoms. The second-order valence-corrected chi connectivity index (χ2v) is 3.20. The van der Waals surface area contributed by atoms with Gasteiger partial charge in [-0.15, -0.1) is 0 Å². The number of carboxylic acid groups (broad SMARTS) is 1. The van der Waals surface area contributed by atoms with Crippen LogP contribution in [0.5, 0.6) is 0 Å². The van der Waals surface area contributed by atoms with Gasteiger partial charge in [0.25, 0.3) is 0 Å². The van der Waals surface area contributed by atoms with E-state index in [-0.39, 0.29) is 0 Å². The van der Waals surface area contributed by atoms with Gasteiger partial charge in [-0.05, 0) is 25.8 Å².